The predicted molar refractivity (Wildman–Crippen MR) is 67.3 cm³/mol. The fourth-order valence-corrected chi connectivity index (χ4v) is 1.85. The molecule has 2 rings (SSSR count). The lowest BCUT2D eigenvalue weighted by molar-refractivity contribution is 0.185. The van der Waals surface area contributed by atoms with Crippen molar-refractivity contribution < 1.29 is 9.47 Å². The van der Waals surface area contributed by atoms with Gasteiger partial charge in [-0.2, -0.15) is 4.98 Å². The first-order valence-electron chi connectivity index (χ1n) is 5.88. The summed E-state index contributed by atoms with van der Waals surface area (Å²) in [5.74, 6) is 1.26. The van der Waals surface area contributed by atoms with Gasteiger partial charge in [-0.05, 0) is 32.4 Å². The topological polar surface area (TPSA) is 69.4 Å². The highest BCUT2D eigenvalue weighted by Crippen LogP contribution is 2.26. The van der Waals surface area contributed by atoms with Crippen molar-refractivity contribution in [1.82, 2.24) is 4.98 Å². The van der Waals surface area contributed by atoms with Crippen molar-refractivity contribution >= 4 is 11.5 Å². The van der Waals surface area contributed by atoms with Gasteiger partial charge in [0.15, 0.2) is 0 Å². The smallest absolute Gasteiger partial charge is 0.239 e. The molecule has 1 aromatic rings. The highest BCUT2D eigenvalue weighted by Gasteiger charge is 2.29. The van der Waals surface area contributed by atoms with E-state index >= 15 is 0 Å². The molecule has 1 unspecified atom stereocenters. The maximum Gasteiger partial charge on any atom is 0.239 e. The highest BCUT2D eigenvalue weighted by atomic mass is 16.5. The van der Waals surface area contributed by atoms with Crippen LogP contribution in [0.4, 0.5) is 11.5 Å². The summed E-state index contributed by atoms with van der Waals surface area (Å²) < 4.78 is 10.8. The average molecular weight is 237 g/mol. The quantitative estimate of drug-likeness (QED) is 0.833. The number of nitrogens with two attached hydrogens (primary N) is 1. The Labute approximate surface area is 101 Å². The summed E-state index contributed by atoms with van der Waals surface area (Å²) >= 11 is 0. The van der Waals surface area contributed by atoms with Crippen LogP contribution in [0.1, 0.15) is 20.3 Å². The predicted octanol–water partition coefficient (Wildman–Crippen LogP) is 1.65. The number of rotatable bonds is 4. The molecule has 1 aliphatic rings. The number of aromatic nitrogens is 1. The SMILES string of the molecule is CCOc1nc(NC2(C)CCOC2)ccc1N. The van der Waals surface area contributed by atoms with Crippen LogP contribution in [0.3, 0.4) is 0 Å². The zero-order valence-corrected chi connectivity index (χ0v) is 10.3. The molecule has 5 heteroatoms. The van der Waals surface area contributed by atoms with Crippen molar-refractivity contribution in [2.45, 2.75) is 25.8 Å². The van der Waals surface area contributed by atoms with Gasteiger partial charge in [-0.1, -0.05) is 0 Å². The van der Waals surface area contributed by atoms with Crippen LogP contribution >= 0.6 is 0 Å². The number of hydrogen-bond acceptors (Lipinski definition) is 5. The van der Waals surface area contributed by atoms with E-state index in [1.165, 1.54) is 0 Å². The summed E-state index contributed by atoms with van der Waals surface area (Å²) in [4.78, 5) is 4.36. The number of hydrogen-bond donors (Lipinski definition) is 2. The second-order valence-corrected chi connectivity index (χ2v) is 4.51. The molecule has 3 N–H and O–H groups in total. The molecule has 0 saturated carbocycles. The van der Waals surface area contributed by atoms with E-state index in [0.29, 0.717) is 24.8 Å². The molecule has 94 valence electrons. The monoisotopic (exact) mass is 237 g/mol. The summed E-state index contributed by atoms with van der Waals surface area (Å²) in [7, 11) is 0. The van der Waals surface area contributed by atoms with E-state index < -0.39 is 0 Å². The molecule has 0 amide bonds. The van der Waals surface area contributed by atoms with E-state index in [0.717, 1.165) is 18.8 Å². The van der Waals surface area contributed by atoms with Crippen LogP contribution < -0.4 is 15.8 Å². The molecule has 5 nitrogen and oxygen atoms in total. The number of nitrogen functional groups attached to an aromatic ring is 1. The molecule has 0 aromatic carbocycles. The van der Waals surface area contributed by atoms with Crippen LogP contribution in [-0.2, 0) is 4.74 Å². The van der Waals surface area contributed by atoms with Gasteiger partial charge in [0.25, 0.3) is 0 Å². The van der Waals surface area contributed by atoms with Crippen LogP contribution in [0.2, 0.25) is 0 Å². The van der Waals surface area contributed by atoms with Crippen molar-refractivity contribution in [2.75, 3.05) is 30.9 Å². The molecule has 2 heterocycles. The Hall–Kier alpha value is -1.49. The Bertz CT molecular complexity index is 389. The number of pyridine rings is 1. The summed E-state index contributed by atoms with van der Waals surface area (Å²) in [6.45, 7) is 6.08. The fraction of sp³-hybridized carbons (Fsp3) is 0.583. The molecule has 1 aliphatic heterocycles. The summed E-state index contributed by atoms with van der Waals surface area (Å²) in [5.41, 5.74) is 6.29. The summed E-state index contributed by atoms with van der Waals surface area (Å²) in [5, 5.41) is 3.37. The lowest BCUT2D eigenvalue weighted by Gasteiger charge is -2.24. The van der Waals surface area contributed by atoms with Gasteiger partial charge in [-0.3, -0.25) is 0 Å². The van der Waals surface area contributed by atoms with Crippen LogP contribution in [-0.4, -0.2) is 30.3 Å². The number of nitrogens with zero attached hydrogens (tertiary/aromatic N) is 1. The maximum atomic E-state index is 5.78. The van der Waals surface area contributed by atoms with E-state index in [-0.39, 0.29) is 5.54 Å². The molecular weight excluding hydrogens is 218 g/mol. The molecule has 0 spiro atoms. The molecule has 17 heavy (non-hydrogen) atoms. The third-order valence-electron chi connectivity index (χ3n) is 2.82. The van der Waals surface area contributed by atoms with Crippen molar-refractivity contribution in [3.05, 3.63) is 12.1 Å². The van der Waals surface area contributed by atoms with Crippen LogP contribution in [0.5, 0.6) is 5.88 Å². The van der Waals surface area contributed by atoms with E-state index in [9.17, 15) is 0 Å². The molecule has 0 bridgehead atoms. The minimum Gasteiger partial charge on any atom is -0.476 e. The Morgan fingerprint density at radius 2 is 2.41 bits per heavy atom. The van der Waals surface area contributed by atoms with Gasteiger partial charge in [0.05, 0.1) is 24.4 Å². The number of nitrogens with one attached hydrogen (secondary N) is 1. The van der Waals surface area contributed by atoms with E-state index in [2.05, 4.69) is 17.2 Å². The molecule has 1 atom stereocenters. The Morgan fingerprint density at radius 1 is 1.59 bits per heavy atom. The highest BCUT2D eigenvalue weighted by molar-refractivity contribution is 5.54. The molecular formula is C12H19N3O2. The summed E-state index contributed by atoms with van der Waals surface area (Å²) in [6.07, 6.45) is 0.975. The van der Waals surface area contributed by atoms with Gasteiger partial charge in [0, 0.05) is 6.61 Å². The lowest BCUT2D eigenvalue weighted by atomic mass is 10.0. The van der Waals surface area contributed by atoms with Gasteiger partial charge in [-0.15, -0.1) is 0 Å². The zero-order valence-electron chi connectivity index (χ0n) is 10.3. The molecule has 1 fully saturated rings. The second kappa shape index (κ2) is 4.79. The van der Waals surface area contributed by atoms with E-state index in [4.69, 9.17) is 15.2 Å². The second-order valence-electron chi connectivity index (χ2n) is 4.51. The van der Waals surface area contributed by atoms with Gasteiger partial charge < -0.3 is 20.5 Å². The Morgan fingerprint density at radius 3 is 3.06 bits per heavy atom. The van der Waals surface area contributed by atoms with Crippen LogP contribution in [0, 0.1) is 0 Å². The molecule has 0 radical (unpaired) electrons. The maximum absolute atomic E-state index is 5.78. The fourth-order valence-electron chi connectivity index (χ4n) is 1.85. The van der Waals surface area contributed by atoms with Crippen molar-refractivity contribution in [3.8, 4) is 5.88 Å². The zero-order chi connectivity index (χ0) is 12.3. The Balaban J connectivity index is 2.13. The normalized spacial score (nSPS) is 23.6. The lowest BCUT2D eigenvalue weighted by Crippen LogP contribution is -2.35. The number of ether oxygens (including phenoxy) is 2. The van der Waals surface area contributed by atoms with E-state index in [1.54, 1.807) is 6.07 Å². The first kappa shape index (κ1) is 12.0. The Kier molecular flexibility index (Phi) is 3.38. The summed E-state index contributed by atoms with van der Waals surface area (Å²) in [6, 6.07) is 3.67. The molecule has 0 aliphatic carbocycles. The first-order valence-corrected chi connectivity index (χ1v) is 5.88. The van der Waals surface area contributed by atoms with Crippen molar-refractivity contribution in [2.24, 2.45) is 0 Å². The molecule has 1 aromatic heterocycles. The number of anilines is 2. The molecule has 1 saturated heterocycles. The van der Waals surface area contributed by atoms with Crippen molar-refractivity contribution in [3.63, 3.8) is 0 Å². The van der Waals surface area contributed by atoms with Crippen LogP contribution in [0.25, 0.3) is 0 Å². The average Bonchev–Trinajstić information content (AvgIpc) is 2.70. The van der Waals surface area contributed by atoms with Crippen LogP contribution in [0.15, 0.2) is 12.1 Å². The van der Waals surface area contributed by atoms with Gasteiger partial charge in [-0.25, -0.2) is 0 Å². The van der Waals surface area contributed by atoms with Gasteiger partial charge in [0.1, 0.15) is 5.82 Å². The van der Waals surface area contributed by atoms with Gasteiger partial charge >= 0.3 is 0 Å². The standard InChI is InChI=1S/C12H19N3O2/c1-3-17-11-9(13)4-5-10(14-11)15-12(2)6-7-16-8-12/h4-5H,3,6-8,13H2,1-2H3,(H,14,15). The first-order chi connectivity index (χ1) is 8.13. The van der Waals surface area contributed by atoms with Gasteiger partial charge in [0.2, 0.25) is 5.88 Å². The minimum atomic E-state index is -0.0490. The third-order valence-corrected chi connectivity index (χ3v) is 2.82. The largest absolute Gasteiger partial charge is 0.476 e. The van der Waals surface area contributed by atoms with E-state index in [1.807, 2.05) is 13.0 Å². The van der Waals surface area contributed by atoms with Crippen molar-refractivity contribution in [1.29, 1.82) is 0 Å². The third kappa shape index (κ3) is 2.79. The minimum absolute atomic E-state index is 0.0490.